The van der Waals surface area contributed by atoms with Gasteiger partial charge in [0.05, 0.1) is 11.4 Å². The van der Waals surface area contributed by atoms with E-state index in [1.165, 1.54) is 60.1 Å². The molecular weight excluding hydrogens is 348 g/mol. The molecule has 2 aromatic rings. The summed E-state index contributed by atoms with van der Waals surface area (Å²) in [5.41, 5.74) is 2.57. The van der Waals surface area contributed by atoms with E-state index in [0.29, 0.717) is 0 Å². The molecule has 0 atom stereocenters. The average molecular weight is 373 g/mol. The van der Waals surface area contributed by atoms with Crippen molar-refractivity contribution in [3.8, 4) is 0 Å². The number of nitrogens with zero attached hydrogens (tertiary/aromatic N) is 2. The molecule has 1 saturated heterocycles. The molecule has 4 heteroatoms. The van der Waals surface area contributed by atoms with Gasteiger partial charge in [-0.15, -0.1) is 0 Å². The smallest absolute Gasteiger partial charge is 0.0567 e. The summed E-state index contributed by atoms with van der Waals surface area (Å²) in [6.45, 7) is 7.12. The number of rotatable bonds is 4. The molecule has 0 bridgehead atoms. The summed E-state index contributed by atoms with van der Waals surface area (Å²) in [5, 5.41) is 0.814. The van der Waals surface area contributed by atoms with Crippen molar-refractivity contribution in [2.24, 2.45) is 5.92 Å². The van der Waals surface area contributed by atoms with E-state index in [2.05, 4.69) is 53.1 Å². The maximum Gasteiger partial charge on any atom is 0.0567 e. The molecule has 0 N–H and O–H groups in total. The monoisotopic (exact) mass is 372 g/mol. The van der Waals surface area contributed by atoms with Crippen molar-refractivity contribution in [1.29, 1.82) is 0 Å². The molecule has 0 amide bonds. The highest BCUT2D eigenvalue weighted by atomic mass is 35.5. The number of likely N-dealkylation sites (tertiary alicyclic amines) is 1. The molecule has 0 aromatic heterocycles. The van der Waals surface area contributed by atoms with Gasteiger partial charge in [0, 0.05) is 21.4 Å². The van der Waals surface area contributed by atoms with Gasteiger partial charge in [-0.2, -0.15) is 0 Å². The topological polar surface area (TPSA) is 6.48 Å². The zero-order chi connectivity index (χ0) is 17.2. The number of para-hydroxylation sites is 1. The summed E-state index contributed by atoms with van der Waals surface area (Å²) < 4.78 is 0. The molecule has 2 heterocycles. The molecule has 0 radical (unpaired) electrons. The predicted molar refractivity (Wildman–Crippen MR) is 108 cm³/mol. The number of hydrogen-bond acceptors (Lipinski definition) is 3. The van der Waals surface area contributed by atoms with Crippen LogP contribution >= 0.6 is 23.4 Å². The summed E-state index contributed by atoms with van der Waals surface area (Å²) in [7, 11) is 0. The molecule has 2 aliphatic heterocycles. The second-order valence-electron chi connectivity index (χ2n) is 7.21. The van der Waals surface area contributed by atoms with Crippen LogP contribution in [0.3, 0.4) is 0 Å². The molecule has 25 heavy (non-hydrogen) atoms. The SMILES string of the molecule is CC1CCN(CCCN2c3ccccc3Sc3ccc(Cl)cc32)CC1. The quantitative estimate of drug-likeness (QED) is 0.643. The molecule has 0 unspecified atom stereocenters. The number of fused-ring (bicyclic) bond motifs is 2. The lowest BCUT2D eigenvalue weighted by Crippen LogP contribution is -2.35. The van der Waals surface area contributed by atoms with Crippen molar-refractivity contribution in [2.45, 2.75) is 36.0 Å². The Bertz CT molecular complexity index is 740. The molecular formula is C21H25ClN2S. The molecule has 2 nitrogen and oxygen atoms in total. The van der Waals surface area contributed by atoms with Crippen LogP contribution in [-0.4, -0.2) is 31.1 Å². The van der Waals surface area contributed by atoms with Crippen LogP contribution in [0.4, 0.5) is 11.4 Å². The lowest BCUT2D eigenvalue weighted by molar-refractivity contribution is 0.191. The standard InChI is InChI=1S/C21H25ClN2S/c1-16-9-13-23(14-10-16)11-4-12-24-18-5-2-3-6-20(18)25-21-8-7-17(22)15-19(21)24/h2-3,5-8,15-16H,4,9-14H2,1H3. The number of hydrogen-bond donors (Lipinski definition) is 0. The summed E-state index contributed by atoms with van der Waals surface area (Å²) >= 11 is 8.14. The fourth-order valence-corrected chi connectivity index (χ4v) is 5.02. The lowest BCUT2D eigenvalue weighted by Gasteiger charge is -2.34. The Morgan fingerprint density at radius 2 is 1.76 bits per heavy atom. The summed E-state index contributed by atoms with van der Waals surface area (Å²) in [4.78, 5) is 7.72. The normalized spacial score (nSPS) is 18.1. The van der Waals surface area contributed by atoms with Gasteiger partial charge in [0.15, 0.2) is 0 Å². The minimum atomic E-state index is 0.814. The van der Waals surface area contributed by atoms with Crippen LogP contribution in [-0.2, 0) is 0 Å². The largest absolute Gasteiger partial charge is 0.340 e. The fraction of sp³-hybridized carbons (Fsp3) is 0.429. The number of anilines is 2. The van der Waals surface area contributed by atoms with E-state index in [-0.39, 0.29) is 0 Å². The maximum atomic E-state index is 6.29. The summed E-state index contributed by atoms with van der Waals surface area (Å²) in [5.74, 6) is 0.899. The van der Waals surface area contributed by atoms with Crippen molar-refractivity contribution in [3.05, 3.63) is 47.5 Å². The third-order valence-corrected chi connectivity index (χ3v) is 6.69. The van der Waals surface area contributed by atoms with E-state index >= 15 is 0 Å². The van der Waals surface area contributed by atoms with E-state index in [9.17, 15) is 0 Å². The molecule has 132 valence electrons. The van der Waals surface area contributed by atoms with Gasteiger partial charge in [-0.05, 0) is 75.1 Å². The molecule has 0 saturated carbocycles. The van der Waals surface area contributed by atoms with Gasteiger partial charge in [0.25, 0.3) is 0 Å². The Hall–Kier alpha value is -1.16. The lowest BCUT2D eigenvalue weighted by atomic mass is 9.99. The average Bonchev–Trinajstić information content (AvgIpc) is 2.63. The minimum absolute atomic E-state index is 0.814. The molecule has 0 spiro atoms. The number of halogens is 1. The minimum Gasteiger partial charge on any atom is -0.340 e. The van der Waals surface area contributed by atoms with Crippen LogP contribution in [0.15, 0.2) is 52.3 Å². The fourth-order valence-electron chi connectivity index (χ4n) is 3.78. The van der Waals surface area contributed by atoms with E-state index in [1.807, 2.05) is 17.8 Å². The first kappa shape index (κ1) is 17.3. The van der Waals surface area contributed by atoms with Gasteiger partial charge in [-0.1, -0.05) is 42.4 Å². The second kappa shape index (κ2) is 7.61. The van der Waals surface area contributed by atoms with Crippen LogP contribution in [0, 0.1) is 5.92 Å². The van der Waals surface area contributed by atoms with Crippen LogP contribution in [0.1, 0.15) is 26.2 Å². The van der Waals surface area contributed by atoms with Crippen molar-refractivity contribution in [3.63, 3.8) is 0 Å². The van der Waals surface area contributed by atoms with Gasteiger partial charge in [0.2, 0.25) is 0 Å². The van der Waals surface area contributed by atoms with Gasteiger partial charge in [-0.25, -0.2) is 0 Å². The number of piperidine rings is 1. The van der Waals surface area contributed by atoms with E-state index in [0.717, 1.165) is 17.5 Å². The van der Waals surface area contributed by atoms with Gasteiger partial charge < -0.3 is 9.80 Å². The first-order valence-electron chi connectivity index (χ1n) is 9.27. The molecule has 2 aliphatic rings. The number of benzene rings is 2. The van der Waals surface area contributed by atoms with Gasteiger partial charge in [0.1, 0.15) is 0 Å². The van der Waals surface area contributed by atoms with Crippen LogP contribution in [0.2, 0.25) is 5.02 Å². The Morgan fingerprint density at radius 3 is 2.60 bits per heavy atom. The van der Waals surface area contributed by atoms with E-state index in [1.54, 1.807) is 0 Å². The molecule has 0 aliphatic carbocycles. The Balaban J connectivity index is 1.49. The molecule has 2 aromatic carbocycles. The van der Waals surface area contributed by atoms with Crippen LogP contribution in [0.5, 0.6) is 0 Å². The molecule has 1 fully saturated rings. The highest BCUT2D eigenvalue weighted by Gasteiger charge is 2.23. The Kier molecular flexibility index (Phi) is 5.25. The predicted octanol–water partition coefficient (Wildman–Crippen LogP) is 6.06. The summed E-state index contributed by atoms with van der Waals surface area (Å²) in [6.07, 6.45) is 3.88. The van der Waals surface area contributed by atoms with E-state index < -0.39 is 0 Å². The third kappa shape index (κ3) is 3.84. The first-order chi connectivity index (χ1) is 12.2. The Labute approximate surface area is 160 Å². The van der Waals surface area contributed by atoms with Crippen molar-refractivity contribution in [2.75, 3.05) is 31.1 Å². The van der Waals surface area contributed by atoms with E-state index in [4.69, 9.17) is 11.6 Å². The maximum absolute atomic E-state index is 6.29. The summed E-state index contributed by atoms with van der Waals surface area (Å²) in [6, 6.07) is 15.0. The van der Waals surface area contributed by atoms with Crippen LogP contribution in [0.25, 0.3) is 0 Å². The Morgan fingerprint density at radius 1 is 1.00 bits per heavy atom. The van der Waals surface area contributed by atoms with Crippen molar-refractivity contribution < 1.29 is 0 Å². The van der Waals surface area contributed by atoms with Crippen molar-refractivity contribution >= 4 is 34.7 Å². The van der Waals surface area contributed by atoms with Crippen molar-refractivity contribution in [1.82, 2.24) is 4.90 Å². The molecule has 4 rings (SSSR count). The third-order valence-electron chi connectivity index (χ3n) is 5.32. The highest BCUT2D eigenvalue weighted by molar-refractivity contribution is 7.99. The second-order valence-corrected chi connectivity index (χ2v) is 8.73. The zero-order valence-corrected chi connectivity index (χ0v) is 16.3. The first-order valence-corrected chi connectivity index (χ1v) is 10.5. The highest BCUT2D eigenvalue weighted by Crippen LogP contribution is 2.48. The van der Waals surface area contributed by atoms with Gasteiger partial charge >= 0.3 is 0 Å². The zero-order valence-electron chi connectivity index (χ0n) is 14.7. The van der Waals surface area contributed by atoms with Gasteiger partial charge in [-0.3, -0.25) is 0 Å². The van der Waals surface area contributed by atoms with Crippen LogP contribution < -0.4 is 4.90 Å².